The molecule has 2 rings (SSSR count). The second-order valence-electron chi connectivity index (χ2n) is 2.23. The largest absolute Gasteiger partial charge is 2.00 e. The van der Waals surface area contributed by atoms with Gasteiger partial charge in [-0.15, -0.1) is 0 Å². The van der Waals surface area contributed by atoms with Gasteiger partial charge in [-0.05, 0) is 24.3 Å². The monoisotopic (exact) mass is 329 g/mol. The molecule has 4 nitrogen and oxygen atoms in total. The SMILES string of the molecule is N#C[S-].N#C[S-].[Mn+2].c1ccncc1.c1ccncc1. The van der Waals surface area contributed by atoms with Crippen LogP contribution in [0.2, 0.25) is 0 Å². The van der Waals surface area contributed by atoms with Crippen LogP contribution in [0.15, 0.2) is 61.2 Å². The molecule has 2 aromatic rings. The van der Waals surface area contributed by atoms with Gasteiger partial charge in [-0.3, -0.25) is 9.97 Å². The molecule has 0 bridgehead atoms. The van der Waals surface area contributed by atoms with E-state index >= 15 is 0 Å². The molecule has 0 N–H and O–H groups in total. The molecule has 0 saturated heterocycles. The summed E-state index contributed by atoms with van der Waals surface area (Å²) in [5.41, 5.74) is 0. The minimum Gasteiger partial charge on any atom is -0.696 e. The zero-order valence-corrected chi connectivity index (χ0v) is 12.6. The second kappa shape index (κ2) is 25.2. The summed E-state index contributed by atoms with van der Waals surface area (Å²) in [6.07, 6.45) is 7.00. The fraction of sp³-hybridized carbons (Fsp3) is 0. The Balaban J connectivity index is -0.000000188. The first kappa shape index (κ1) is 22.4. The van der Waals surface area contributed by atoms with Crippen LogP contribution in [0.4, 0.5) is 0 Å². The summed E-state index contributed by atoms with van der Waals surface area (Å²) >= 11 is 7.40. The van der Waals surface area contributed by atoms with Gasteiger partial charge in [0.2, 0.25) is 0 Å². The summed E-state index contributed by atoms with van der Waals surface area (Å²) in [6.45, 7) is 0. The summed E-state index contributed by atoms with van der Waals surface area (Å²) < 4.78 is 0. The standard InChI is InChI=1S/2C5H5N.2CHNS.Mn/c2*1-2-4-6-5-3-1;2*2-1-3;/h2*1-5H;2*3H;/q;;;;+2/p-2. The first-order valence-corrected chi connectivity index (χ1v) is 5.37. The maximum Gasteiger partial charge on any atom is 2.00 e. The van der Waals surface area contributed by atoms with Crippen LogP contribution < -0.4 is 0 Å². The van der Waals surface area contributed by atoms with E-state index in [4.69, 9.17) is 10.5 Å². The first-order chi connectivity index (χ1) is 8.83. The van der Waals surface area contributed by atoms with Crippen molar-refractivity contribution in [3.05, 3.63) is 61.2 Å². The van der Waals surface area contributed by atoms with Gasteiger partial charge in [0.15, 0.2) is 0 Å². The molecular formula is C12H10MnN4S2. The van der Waals surface area contributed by atoms with E-state index in [1.165, 1.54) is 10.8 Å². The van der Waals surface area contributed by atoms with E-state index in [9.17, 15) is 0 Å². The van der Waals surface area contributed by atoms with E-state index in [1.54, 1.807) is 24.8 Å². The van der Waals surface area contributed by atoms with E-state index in [0.29, 0.717) is 0 Å². The number of hydrogen-bond donors (Lipinski definition) is 0. The van der Waals surface area contributed by atoms with Gasteiger partial charge in [-0.1, -0.05) is 22.9 Å². The first-order valence-electron chi connectivity index (χ1n) is 4.55. The van der Waals surface area contributed by atoms with Crippen molar-refractivity contribution in [1.82, 2.24) is 9.97 Å². The molecule has 7 heteroatoms. The maximum absolute atomic E-state index is 7.13. The predicted octanol–water partition coefficient (Wildman–Crippen LogP) is 2.19. The van der Waals surface area contributed by atoms with Crippen molar-refractivity contribution in [2.24, 2.45) is 0 Å². The van der Waals surface area contributed by atoms with Gasteiger partial charge in [0, 0.05) is 24.8 Å². The van der Waals surface area contributed by atoms with E-state index in [-0.39, 0.29) is 17.1 Å². The van der Waals surface area contributed by atoms with E-state index in [2.05, 4.69) is 35.2 Å². The average molecular weight is 329 g/mol. The van der Waals surface area contributed by atoms with Gasteiger partial charge in [0.05, 0.1) is 0 Å². The Kier molecular flexibility index (Phi) is 29.7. The van der Waals surface area contributed by atoms with E-state index in [1.807, 2.05) is 36.4 Å². The van der Waals surface area contributed by atoms with Crippen LogP contribution in [0.5, 0.6) is 0 Å². The van der Waals surface area contributed by atoms with Crippen molar-refractivity contribution in [3.8, 4) is 10.8 Å². The summed E-state index contributed by atoms with van der Waals surface area (Å²) in [5.74, 6) is 0. The Morgan fingerprint density at radius 3 is 0.895 bits per heavy atom. The zero-order chi connectivity index (χ0) is 13.9. The van der Waals surface area contributed by atoms with Crippen molar-refractivity contribution in [2.45, 2.75) is 0 Å². The maximum atomic E-state index is 7.13. The minimum atomic E-state index is 0. The van der Waals surface area contributed by atoms with Crippen LogP contribution in [0.1, 0.15) is 0 Å². The third-order valence-electron chi connectivity index (χ3n) is 1.13. The number of nitriles is 2. The number of pyridine rings is 2. The van der Waals surface area contributed by atoms with Gasteiger partial charge >= 0.3 is 17.1 Å². The summed E-state index contributed by atoms with van der Waals surface area (Å²) in [7, 11) is 0. The van der Waals surface area contributed by atoms with Gasteiger partial charge in [0.1, 0.15) is 0 Å². The van der Waals surface area contributed by atoms with E-state index < -0.39 is 0 Å². The Morgan fingerprint density at radius 1 is 0.632 bits per heavy atom. The molecule has 1 radical (unpaired) electrons. The molecule has 2 aromatic heterocycles. The second-order valence-corrected chi connectivity index (χ2v) is 2.60. The van der Waals surface area contributed by atoms with Crippen LogP contribution in [0, 0.1) is 21.3 Å². The molecule has 0 aliphatic rings. The van der Waals surface area contributed by atoms with Crippen molar-refractivity contribution < 1.29 is 17.1 Å². The summed E-state index contributed by atoms with van der Waals surface area (Å²) in [4.78, 5) is 7.57. The average Bonchev–Trinajstić information content (AvgIpc) is 2.45. The number of aromatic nitrogens is 2. The predicted molar refractivity (Wildman–Crippen MR) is 74.4 cm³/mol. The molecule has 0 unspecified atom stereocenters. The van der Waals surface area contributed by atoms with Gasteiger partial charge in [0.25, 0.3) is 0 Å². The Bertz CT molecular complexity index is 332. The number of nitrogens with zero attached hydrogens (tertiary/aromatic N) is 4. The molecule has 0 amide bonds. The molecule has 0 aliphatic carbocycles. The van der Waals surface area contributed by atoms with E-state index in [0.717, 1.165) is 0 Å². The van der Waals surface area contributed by atoms with Crippen LogP contribution in [-0.4, -0.2) is 9.97 Å². The molecule has 2 heterocycles. The summed E-state index contributed by atoms with van der Waals surface area (Å²) in [5, 5.41) is 16.9. The van der Waals surface area contributed by atoms with Gasteiger partial charge in [-0.25, -0.2) is 10.5 Å². The summed E-state index contributed by atoms with van der Waals surface area (Å²) in [6, 6.07) is 11.4. The smallest absolute Gasteiger partial charge is 0.696 e. The molecule has 97 valence electrons. The molecule has 0 spiro atoms. The number of hydrogen-bond acceptors (Lipinski definition) is 6. The number of rotatable bonds is 0. The van der Waals surface area contributed by atoms with Crippen molar-refractivity contribution in [2.75, 3.05) is 0 Å². The van der Waals surface area contributed by atoms with Crippen molar-refractivity contribution >= 4 is 25.3 Å². The molecule has 0 aliphatic heterocycles. The van der Waals surface area contributed by atoms with Crippen LogP contribution >= 0.6 is 0 Å². The van der Waals surface area contributed by atoms with Gasteiger partial charge in [-0.2, -0.15) is 0 Å². The quantitative estimate of drug-likeness (QED) is 0.419. The Morgan fingerprint density at radius 2 is 0.842 bits per heavy atom. The van der Waals surface area contributed by atoms with Crippen LogP contribution in [0.25, 0.3) is 0 Å². The van der Waals surface area contributed by atoms with Crippen molar-refractivity contribution in [1.29, 1.82) is 10.5 Å². The Labute approximate surface area is 134 Å². The van der Waals surface area contributed by atoms with Crippen LogP contribution in [-0.2, 0) is 42.3 Å². The van der Waals surface area contributed by atoms with Crippen LogP contribution in [0.3, 0.4) is 0 Å². The molecule has 0 fully saturated rings. The minimum absolute atomic E-state index is 0. The normalized spacial score (nSPS) is 5.79. The zero-order valence-electron chi connectivity index (χ0n) is 9.76. The molecule has 0 atom stereocenters. The van der Waals surface area contributed by atoms with Crippen molar-refractivity contribution in [3.63, 3.8) is 0 Å². The molecule has 19 heavy (non-hydrogen) atoms. The molecule has 0 aromatic carbocycles. The molecular weight excluding hydrogens is 319 g/mol. The fourth-order valence-corrected chi connectivity index (χ4v) is 0.625. The third-order valence-corrected chi connectivity index (χ3v) is 1.13. The topological polar surface area (TPSA) is 73.4 Å². The number of thiocyanates is 2. The third kappa shape index (κ3) is 31.4. The fourth-order valence-electron chi connectivity index (χ4n) is 0.625. The van der Waals surface area contributed by atoms with Gasteiger partial charge < -0.3 is 25.3 Å². The molecule has 0 saturated carbocycles. The Hall–Kier alpha value is -1.76.